The number of hydrogen-bond acceptors (Lipinski definition) is 5. The van der Waals surface area contributed by atoms with E-state index in [-0.39, 0.29) is 5.56 Å². The van der Waals surface area contributed by atoms with Crippen LogP contribution in [0.1, 0.15) is 5.56 Å². The number of hydrogen-bond donors (Lipinski definition) is 0. The number of nitrogens with zero attached hydrogens (tertiary/aromatic N) is 2. The molecule has 4 rings (SSSR count). The Balaban J connectivity index is 1.87. The summed E-state index contributed by atoms with van der Waals surface area (Å²) in [5.41, 5.74) is 2.25. The molecule has 0 aliphatic heterocycles. The fraction of sp³-hybridized carbons (Fsp3) is 0.130. The van der Waals surface area contributed by atoms with Crippen LogP contribution >= 0.6 is 11.8 Å². The summed E-state index contributed by atoms with van der Waals surface area (Å²) in [6, 6.07) is 22.7. The highest BCUT2D eigenvalue weighted by molar-refractivity contribution is 7.98. The second kappa shape index (κ2) is 8.41. The van der Waals surface area contributed by atoms with Gasteiger partial charge in [-0.3, -0.25) is 9.36 Å². The van der Waals surface area contributed by atoms with Crippen LogP contribution in [0.15, 0.2) is 82.7 Å². The minimum Gasteiger partial charge on any atom is -0.496 e. The van der Waals surface area contributed by atoms with Gasteiger partial charge in [0.15, 0.2) is 5.16 Å². The molecule has 5 nitrogen and oxygen atoms in total. The Morgan fingerprint density at radius 1 is 0.862 bits per heavy atom. The summed E-state index contributed by atoms with van der Waals surface area (Å²) >= 11 is 1.49. The van der Waals surface area contributed by atoms with Crippen molar-refractivity contribution in [1.29, 1.82) is 0 Å². The number of fused-ring (bicyclic) bond motifs is 1. The Morgan fingerprint density at radius 3 is 2.31 bits per heavy atom. The second-order valence-electron chi connectivity index (χ2n) is 6.32. The van der Waals surface area contributed by atoms with E-state index in [1.807, 2.05) is 66.7 Å². The van der Waals surface area contributed by atoms with Gasteiger partial charge in [-0.1, -0.05) is 54.2 Å². The first-order chi connectivity index (χ1) is 14.2. The fourth-order valence-corrected chi connectivity index (χ4v) is 4.20. The molecular weight excluding hydrogens is 384 g/mol. The van der Waals surface area contributed by atoms with Crippen LogP contribution in [-0.4, -0.2) is 23.8 Å². The minimum absolute atomic E-state index is 0.123. The number of ether oxygens (including phenoxy) is 2. The predicted molar refractivity (Wildman–Crippen MR) is 116 cm³/mol. The van der Waals surface area contributed by atoms with Gasteiger partial charge in [0.25, 0.3) is 5.56 Å². The molecule has 0 unspecified atom stereocenters. The SMILES string of the molecule is COc1ccccc1CSc1nc2ccccc2c(=O)n1-c1ccccc1OC. The average molecular weight is 404 g/mol. The molecule has 1 heterocycles. The lowest BCUT2D eigenvalue weighted by Crippen LogP contribution is -2.22. The van der Waals surface area contributed by atoms with Crippen molar-refractivity contribution >= 4 is 22.7 Å². The van der Waals surface area contributed by atoms with Crippen molar-refractivity contribution in [2.75, 3.05) is 14.2 Å². The highest BCUT2D eigenvalue weighted by Crippen LogP contribution is 2.30. The van der Waals surface area contributed by atoms with Crippen LogP contribution in [0.25, 0.3) is 16.6 Å². The summed E-state index contributed by atoms with van der Waals surface area (Å²) in [5.74, 6) is 2.04. The summed E-state index contributed by atoms with van der Waals surface area (Å²) < 4.78 is 12.6. The van der Waals surface area contributed by atoms with E-state index in [9.17, 15) is 4.79 Å². The molecule has 0 aliphatic carbocycles. The van der Waals surface area contributed by atoms with Gasteiger partial charge in [-0.25, -0.2) is 4.98 Å². The highest BCUT2D eigenvalue weighted by Gasteiger charge is 2.16. The number of para-hydroxylation sites is 4. The Morgan fingerprint density at radius 2 is 1.52 bits per heavy atom. The van der Waals surface area contributed by atoms with E-state index in [0.29, 0.717) is 33.2 Å². The van der Waals surface area contributed by atoms with E-state index in [0.717, 1.165) is 11.3 Å². The zero-order chi connectivity index (χ0) is 20.2. The van der Waals surface area contributed by atoms with E-state index >= 15 is 0 Å². The molecule has 0 aliphatic rings. The molecule has 0 radical (unpaired) electrons. The third kappa shape index (κ3) is 3.71. The number of methoxy groups -OCH3 is 2. The van der Waals surface area contributed by atoms with Crippen LogP contribution in [0.4, 0.5) is 0 Å². The van der Waals surface area contributed by atoms with Gasteiger partial charge < -0.3 is 9.47 Å². The molecule has 0 saturated carbocycles. The van der Waals surface area contributed by atoms with E-state index < -0.39 is 0 Å². The van der Waals surface area contributed by atoms with Gasteiger partial charge in [-0.05, 0) is 30.3 Å². The Bertz CT molecular complexity index is 1220. The molecule has 4 aromatic rings. The normalized spacial score (nSPS) is 10.8. The van der Waals surface area contributed by atoms with Crippen LogP contribution < -0.4 is 15.0 Å². The zero-order valence-corrected chi connectivity index (χ0v) is 17.0. The molecule has 0 atom stereocenters. The average Bonchev–Trinajstić information content (AvgIpc) is 2.78. The van der Waals surface area contributed by atoms with Crippen molar-refractivity contribution in [1.82, 2.24) is 9.55 Å². The number of thioether (sulfide) groups is 1. The topological polar surface area (TPSA) is 53.3 Å². The summed E-state index contributed by atoms with van der Waals surface area (Å²) in [7, 11) is 3.25. The summed E-state index contributed by atoms with van der Waals surface area (Å²) in [6.45, 7) is 0. The lowest BCUT2D eigenvalue weighted by atomic mass is 10.2. The molecule has 0 N–H and O–H groups in total. The van der Waals surface area contributed by atoms with Crippen molar-refractivity contribution in [3.05, 3.63) is 88.7 Å². The molecule has 6 heteroatoms. The molecule has 1 aromatic heterocycles. The maximum Gasteiger partial charge on any atom is 0.266 e. The van der Waals surface area contributed by atoms with Crippen LogP contribution in [0.2, 0.25) is 0 Å². The zero-order valence-electron chi connectivity index (χ0n) is 16.2. The maximum atomic E-state index is 13.4. The van der Waals surface area contributed by atoms with Gasteiger partial charge in [-0.2, -0.15) is 0 Å². The van der Waals surface area contributed by atoms with E-state index in [2.05, 4.69) is 0 Å². The molecule has 0 saturated heterocycles. The summed E-state index contributed by atoms with van der Waals surface area (Å²) in [4.78, 5) is 18.2. The van der Waals surface area contributed by atoms with Crippen LogP contribution in [0.5, 0.6) is 11.5 Å². The smallest absolute Gasteiger partial charge is 0.266 e. The highest BCUT2D eigenvalue weighted by atomic mass is 32.2. The maximum absolute atomic E-state index is 13.4. The van der Waals surface area contributed by atoms with Crippen LogP contribution in [0, 0.1) is 0 Å². The molecule has 29 heavy (non-hydrogen) atoms. The first-order valence-corrected chi connectivity index (χ1v) is 10.1. The quantitative estimate of drug-likeness (QED) is 0.345. The van der Waals surface area contributed by atoms with Gasteiger partial charge >= 0.3 is 0 Å². The van der Waals surface area contributed by atoms with Gasteiger partial charge in [-0.15, -0.1) is 0 Å². The fourth-order valence-electron chi connectivity index (χ4n) is 3.20. The van der Waals surface area contributed by atoms with Gasteiger partial charge in [0.05, 0.1) is 30.8 Å². The molecule has 0 fully saturated rings. The van der Waals surface area contributed by atoms with Crippen molar-refractivity contribution in [2.45, 2.75) is 10.9 Å². The molecule has 0 amide bonds. The molecule has 0 bridgehead atoms. The minimum atomic E-state index is -0.123. The monoisotopic (exact) mass is 404 g/mol. The summed E-state index contributed by atoms with van der Waals surface area (Å²) in [6.07, 6.45) is 0. The van der Waals surface area contributed by atoms with Crippen LogP contribution in [-0.2, 0) is 5.75 Å². The Kier molecular flexibility index (Phi) is 5.53. The lowest BCUT2D eigenvalue weighted by molar-refractivity contribution is 0.411. The van der Waals surface area contributed by atoms with E-state index in [4.69, 9.17) is 14.5 Å². The first kappa shape index (κ1) is 19.1. The third-order valence-electron chi connectivity index (χ3n) is 4.62. The first-order valence-electron chi connectivity index (χ1n) is 9.13. The lowest BCUT2D eigenvalue weighted by Gasteiger charge is -2.16. The van der Waals surface area contributed by atoms with Crippen molar-refractivity contribution in [3.8, 4) is 17.2 Å². The Hall–Kier alpha value is -3.25. The second-order valence-corrected chi connectivity index (χ2v) is 7.27. The summed E-state index contributed by atoms with van der Waals surface area (Å²) in [5, 5.41) is 1.17. The number of benzene rings is 3. The van der Waals surface area contributed by atoms with Gasteiger partial charge in [0, 0.05) is 11.3 Å². The largest absolute Gasteiger partial charge is 0.496 e. The van der Waals surface area contributed by atoms with Crippen molar-refractivity contribution in [2.24, 2.45) is 0 Å². The predicted octanol–water partition coefficient (Wildman–Crippen LogP) is 4.70. The standard InChI is InChI=1S/C23H20N2O3S/c1-27-20-13-7-3-9-16(20)15-29-23-24-18-11-5-4-10-17(18)22(26)25(23)19-12-6-8-14-21(19)28-2/h3-14H,15H2,1-2H3. The number of aromatic nitrogens is 2. The molecular formula is C23H20N2O3S. The Labute approximate surface area is 172 Å². The van der Waals surface area contributed by atoms with Crippen LogP contribution in [0.3, 0.4) is 0 Å². The molecule has 0 spiro atoms. The van der Waals surface area contributed by atoms with E-state index in [1.165, 1.54) is 11.8 Å². The van der Waals surface area contributed by atoms with Gasteiger partial charge in [0.1, 0.15) is 11.5 Å². The van der Waals surface area contributed by atoms with Crippen molar-refractivity contribution < 1.29 is 9.47 Å². The van der Waals surface area contributed by atoms with Gasteiger partial charge in [0.2, 0.25) is 0 Å². The number of rotatable bonds is 6. The third-order valence-corrected chi connectivity index (χ3v) is 5.61. The molecule has 3 aromatic carbocycles. The van der Waals surface area contributed by atoms with E-state index in [1.54, 1.807) is 24.9 Å². The molecule has 146 valence electrons. The van der Waals surface area contributed by atoms with Crippen molar-refractivity contribution in [3.63, 3.8) is 0 Å².